The molecule has 0 bridgehead atoms. The molecule has 11 heteroatoms. The van der Waals surface area contributed by atoms with Crippen LogP contribution in [-0.4, -0.2) is 67.1 Å². The lowest BCUT2D eigenvalue weighted by molar-refractivity contribution is -0.141. The second-order valence-electron chi connectivity index (χ2n) is 6.23. The number of carbonyl (C=O) groups is 3. The molecule has 27 heavy (non-hydrogen) atoms. The van der Waals surface area contributed by atoms with Crippen molar-refractivity contribution >= 4 is 34.8 Å². The number of rotatable bonds is 3. The molecule has 146 valence electrons. The van der Waals surface area contributed by atoms with Crippen LogP contribution >= 0.6 is 0 Å². The molecule has 0 spiro atoms. The molecule has 1 aliphatic heterocycles. The Morgan fingerprint density at radius 3 is 2.48 bits per heavy atom. The summed E-state index contributed by atoms with van der Waals surface area (Å²) in [5.41, 5.74) is 1.20. The minimum atomic E-state index is -0.839. The van der Waals surface area contributed by atoms with Gasteiger partial charge in [0, 0.05) is 33.0 Å². The van der Waals surface area contributed by atoms with Crippen LogP contribution in [0.2, 0.25) is 0 Å². The summed E-state index contributed by atoms with van der Waals surface area (Å²) in [5.74, 6) is -1.70. The summed E-state index contributed by atoms with van der Waals surface area (Å²) >= 11 is 0. The van der Waals surface area contributed by atoms with Crippen molar-refractivity contribution < 1.29 is 24.6 Å². The number of aromatic nitrogens is 4. The number of carboxylic acid groups (broad SMARTS) is 2. The van der Waals surface area contributed by atoms with Gasteiger partial charge in [-0.2, -0.15) is 0 Å². The minimum Gasteiger partial charge on any atom is -0.481 e. The summed E-state index contributed by atoms with van der Waals surface area (Å²) in [6.07, 6.45) is 4.06. The lowest BCUT2D eigenvalue weighted by Gasteiger charge is -2.26. The molecule has 0 unspecified atom stereocenters. The molecule has 11 nitrogen and oxygen atoms in total. The summed E-state index contributed by atoms with van der Waals surface area (Å²) in [6, 6.07) is -0.121. The number of carbonyl (C=O) groups excluding carboxylic acids is 1. The number of amides is 1. The third-order valence-electron chi connectivity index (χ3n) is 4.00. The van der Waals surface area contributed by atoms with E-state index in [9.17, 15) is 14.7 Å². The normalized spacial score (nSPS) is 19.6. The number of anilines is 1. The van der Waals surface area contributed by atoms with Crippen molar-refractivity contribution in [2.75, 3.05) is 18.0 Å². The Morgan fingerprint density at radius 1 is 1.15 bits per heavy atom. The minimum absolute atomic E-state index is 0.121. The maximum absolute atomic E-state index is 11.5. The number of nitrogens with zero attached hydrogens (tertiary/aromatic N) is 4. The van der Waals surface area contributed by atoms with Crippen LogP contribution in [0, 0.1) is 5.92 Å². The van der Waals surface area contributed by atoms with E-state index in [0.29, 0.717) is 42.9 Å². The highest BCUT2D eigenvalue weighted by molar-refractivity contribution is 5.83. The Labute approximate surface area is 154 Å². The van der Waals surface area contributed by atoms with E-state index >= 15 is 0 Å². The number of hydrogen-bond acceptors (Lipinski definition) is 7. The predicted molar refractivity (Wildman–Crippen MR) is 95.2 cm³/mol. The zero-order chi connectivity index (χ0) is 20.0. The quantitative estimate of drug-likeness (QED) is 0.586. The van der Waals surface area contributed by atoms with Crippen LogP contribution in [0.1, 0.15) is 26.7 Å². The molecule has 3 rings (SSSR count). The molecule has 4 N–H and O–H groups in total. The number of aromatic amines is 1. The molecule has 2 aromatic heterocycles. The van der Waals surface area contributed by atoms with Gasteiger partial charge in [0.2, 0.25) is 5.91 Å². The van der Waals surface area contributed by atoms with E-state index in [1.54, 1.807) is 0 Å². The van der Waals surface area contributed by atoms with Crippen molar-refractivity contribution in [3.8, 4) is 0 Å². The molecule has 2 atom stereocenters. The third-order valence-corrected chi connectivity index (χ3v) is 4.00. The fourth-order valence-corrected chi connectivity index (χ4v) is 2.96. The molecular formula is C16H22N6O5. The van der Waals surface area contributed by atoms with Crippen molar-refractivity contribution in [2.24, 2.45) is 5.92 Å². The van der Waals surface area contributed by atoms with Gasteiger partial charge in [-0.05, 0) is 12.8 Å². The first kappa shape index (κ1) is 20.1. The van der Waals surface area contributed by atoms with Crippen molar-refractivity contribution in [2.45, 2.75) is 32.7 Å². The lowest BCUT2D eigenvalue weighted by Crippen LogP contribution is -2.42. The van der Waals surface area contributed by atoms with Gasteiger partial charge in [0.15, 0.2) is 11.5 Å². The molecule has 0 aromatic carbocycles. The van der Waals surface area contributed by atoms with Gasteiger partial charge in [-0.3, -0.25) is 14.4 Å². The van der Waals surface area contributed by atoms with Crippen molar-refractivity contribution in [1.29, 1.82) is 0 Å². The maximum Gasteiger partial charge on any atom is 0.308 e. The molecule has 1 amide bonds. The van der Waals surface area contributed by atoms with Gasteiger partial charge in [0.25, 0.3) is 5.97 Å². The largest absolute Gasteiger partial charge is 0.481 e. The molecule has 1 saturated heterocycles. The van der Waals surface area contributed by atoms with Gasteiger partial charge >= 0.3 is 5.97 Å². The van der Waals surface area contributed by atoms with E-state index in [2.05, 4.69) is 25.3 Å². The smallest absolute Gasteiger partial charge is 0.308 e. The fourth-order valence-electron chi connectivity index (χ4n) is 2.96. The summed E-state index contributed by atoms with van der Waals surface area (Å²) < 4.78 is 0. The number of hydrogen-bond donors (Lipinski definition) is 4. The Hall–Kier alpha value is -3.24. The Balaban J connectivity index is 0.000000596. The number of nitrogens with one attached hydrogen (secondary N) is 2. The van der Waals surface area contributed by atoms with E-state index in [1.165, 1.54) is 19.6 Å². The predicted octanol–water partition coefficient (Wildman–Crippen LogP) is 0.250. The molecule has 1 fully saturated rings. The number of fused-ring (bicyclic) bond motifs is 1. The van der Waals surface area contributed by atoms with Gasteiger partial charge in [-0.1, -0.05) is 0 Å². The highest BCUT2D eigenvalue weighted by Gasteiger charge is 2.30. The fraction of sp³-hybridized carbons (Fsp3) is 0.500. The first-order valence-electron chi connectivity index (χ1n) is 8.36. The van der Waals surface area contributed by atoms with E-state index in [4.69, 9.17) is 9.90 Å². The van der Waals surface area contributed by atoms with E-state index < -0.39 is 17.9 Å². The van der Waals surface area contributed by atoms with Crippen LogP contribution in [-0.2, 0) is 14.4 Å². The second kappa shape index (κ2) is 8.92. The van der Waals surface area contributed by atoms with Crippen LogP contribution in [0.3, 0.4) is 0 Å². The van der Waals surface area contributed by atoms with Gasteiger partial charge in [-0.25, -0.2) is 15.0 Å². The van der Waals surface area contributed by atoms with Crippen LogP contribution in [0.15, 0.2) is 12.7 Å². The van der Waals surface area contributed by atoms with Gasteiger partial charge < -0.3 is 25.4 Å². The topological polar surface area (TPSA) is 161 Å². The van der Waals surface area contributed by atoms with E-state index in [0.717, 1.165) is 6.92 Å². The molecule has 0 saturated carbocycles. The highest BCUT2D eigenvalue weighted by Crippen LogP contribution is 2.25. The SMILES string of the molecule is CC(=O)N[C@@H]1CC[C@H](C(=O)O)CN(c2ncnc3nc[nH]c23)C1.CC(=O)O. The maximum atomic E-state index is 11.5. The van der Waals surface area contributed by atoms with Crippen LogP contribution in [0.4, 0.5) is 5.82 Å². The Bertz CT molecular complexity index is 818. The Kier molecular flexibility index (Phi) is 6.63. The zero-order valence-corrected chi connectivity index (χ0v) is 15.0. The van der Waals surface area contributed by atoms with Crippen LogP contribution in [0.5, 0.6) is 0 Å². The Morgan fingerprint density at radius 2 is 1.85 bits per heavy atom. The number of imidazole rings is 1. The lowest BCUT2D eigenvalue weighted by atomic mass is 10.0. The highest BCUT2D eigenvalue weighted by atomic mass is 16.4. The molecule has 2 aromatic rings. The van der Waals surface area contributed by atoms with Gasteiger partial charge in [-0.15, -0.1) is 0 Å². The monoisotopic (exact) mass is 378 g/mol. The van der Waals surface area contributed by atoms with E-state index in [1.807, 2.05) is 4.90 Å². The molecule has 3 heterocycles. The van der Waals surface area contributed by atoms with Crippen molar-refractivity contribution in [3.05, 3.63) is 12.7 Å². The molecule has 0 radical (unpaired) electrons. The number of carboxylic acids is 2. The first-order valence-corrected chi connectivity index (χ1v) is 8.36. The number of aliphatic carboxylic acids is 2. The molecule has 1 aliphatic rings. The van der Waals surface area contributed by atoms with E-state index in [-0.39, 0.29) is 11.9 Å². The average molecular weight is 378 g/mol. The number of H-pyrrole nitrogens is 1. The third kappa shape index (κ3) is 5.62. The summed E-state index contributed by atoms with van der Waals surface area (Å²) in [4.78, 5) is 49.2. The zero-order valence-electron chi connectivity index (χ0n) is 15.0. The van der Waals surface area contributed by atoms with Crippen molar-refractivity contribution in [3.63, 3.8) is 0 Å². The van der Waals surface area contributed by atoms with Crippen LogP contribution < -0.4 is 10.2 Å². The average Bonchev–Trinajstić information content (AvgIpc) is 2.95. The summed E-state index contributed by atoms with van der Waals surface area (Å²) in [6.45, 7) is 3.37. The summed E-state index contributed by atoms with van der Waals surface area (Å²) in [5, 5.41) is 19.7. The first-order chi connectivity index (χ1) is 12.8. The van der Waals surface area contributed by atoms with Gasteiger partial charge in [0.05, 0.1) is 12.2 Å². The molecule has 0 aliphatic carbocycles. The van der Waals surface area contributed by atoms with Crippen molar-refractivity contribution in [1.82, 2.24) is 25.3 Å². The van der Waals surface area contributed by atoms with Gasteiger partial charge in [0.1, 0.15) is 11.8 Å². The standard InChI is InChI=1S/C14H18N6O3.C2H4O2/c1-8(21)19-10-3-2-9(14(22)23)4-20(5-10)13-11-12(16-6-15-11)17-7-18-13;1-2(3)4/h6-7,9-10H,2-5H2,1H3,(H,19,21)(H,22,23)(H,15,16,17,18);1H3,(H,3,4)/t9-,10+;/m0./s1. The second-order valence-corrected chi connectivity index (χ2v) is 6.23. The molecular weight excluding hydrogens is 356 g/mol. The van der Waals surface area contributed by atoms with Crippen LogP contribution in [0.25, 0.3) is 11.2 Å². The summed E-state index contributed by atoms with van der Waals surface area (Å²) in [7, 11) is 0.